The quantitative estimate of drug-likeness (QED) is 0.668. The molecule has 86 valence electrons. The number of aryl methyl sites for hydroxylation is 1. The van der Waals surface area contributed by atoms with Crippen molar-refractivity contribution in [2.24, 2.45) is 0 Å². The Morgan fingerprint density at radius 3 is 2.40 bits per heavy atom. The van der Waals surface area contributed by atoms with Gasteiger partial charge in [-0.15, -0.1) is 0 Å². The van der Waals surface area contributed by atoms with Gasteiger partial charge in [-0.05, 0) is 6.42 Å². The number of unbranched alkanes of at least 4 members (excludes halogenated alkanes) is 6. The highest BCUT2D eigenvalue weighted by molar-refractivity contribution is 5.30. The topological polar surface area (TPSA) is 43.8 Å². The molecule has 1 heterocycles. The molecular formula is C12H23N3. The van der Waals surface area contributed by atoms with Gasteiger partial charge in [0, 0.05) is 12.7 Å². The lowest BCUT2D eigenvalue weighted by Crippen LogP contribution is -1.98. The summed E-state index contributed by atoms with van der Waals surface area (Å²) >= 11 is 0. The lowest BCUT2D eigenvalue weighted by atomic mass is 10.1. The number of hydrogen-bond acceptors (Lipinski definition) is 2. The summed E-state index contributed by atoms with van der Waals surface area (Å²) in [5.74, 6) is 0. The van der Waals surface area contributed by atoms with E-state index in [0.29, 0.717) is 0 Å². The molecule has 1 rings (SSSR count). The van der Waals surface area contributed by atoms with Crippen molar-refractivity contribution in [2.45, 2.75) is 58.4 Å². The van der Waals surface area contributed by atoms with Crippen LogP contribution >= 0.6 is 0 Å². The first-order chi connectivity index (χ1) is 7.33. The second kappa shape index (κ2) is 7.32. The minimum absolute atomic E-state index is 0.762. The molecule has 0 spiro atoms. The van der Waals surface area contributed by atoms with E-state index in [2.05, 4.69) is 12.0 Å². The summed E-state index contributed by atoms with van der Waals surface area (Å²) in [6.45, 7) is 3.26. The third kappa shape index (κ3) is 5.45. The van der Waals surface area contributed by atoms with Gasteiger partial charge in [0.15, 0.2) is 0 Å². The Labute approximate surface area is 92.7 Å². The smallest absolute Gasteiger partial charge is 0.0719 e. The Bertz CT molecular complexity index is 255. The first-order valence-electron chi connectivity index (χ1n) is 6.11. The molecule has 0 unspecified atom stereocenters. The third-order valence-electron chi connectivity index (χ3n) is 2.64. The summed E-state index contributed by atoms with van der Waals surface area (Å²) in [5, 5.41) is 4.15. The van der Waals surface area contributed by atoms with Crippen molar-refractivity contribution in [3.05, 3.63) is 12.4 Å². The molecule has 0 aliphatic heterocycles. The van der Waals surface area contributed by atoms with Crippen molar-refractivity contribution in [2.75, 3.05) is 5.73 Å². The summed E-state index contributed by atoms with van der Waals surface area (Å²) in [7, 11) is 0. The summed E-state index contributed by atoms with van der Waals surface area (Å²) < 4.78 is 1.93. The van der Waals surface area contributed by atoms with Crippen LogP contribution in [-0.4, -0.2) is 9.78 Å². The second-order valence-corrected chi connectivity index (χ2v) is 4.16. The fourth-order valence-electron chi connectivity index (χ4n) is 1.73. The van der Waals surface area contributed by atoms with Gasteiger partial charge in [0.1, 0.15) is 0 Å². The Morgan fingerprint density at radius 1 is 1.13 bits per heavy atom. The van der Waals surface area contributed by atoms with Crippen LogP contribution in [0.2, 0.25) is 0 Å². The Hall–Kier alpha value is -0.990. The molecule has 0 aromatic carbocycles. The number of anilines is 1. The van der Waals surface area contributed by atoms with Crippen LogP contribution in [0.1, 0.15) is 51.9 Å². The Morgan fingerprint density at radius 2 is 1.80 bits per heavy atom. The van der Waals surface area contributed by atoms with Gasteiger partial charge in [-0.2, -0.15) is 5.10 Å². The van der Waals surface area contributed by atoms with E-state index in [0.717, 1.165) is 12.2 Å². The summed E-state index contributed by atoms with van der Waals surface area (Å²) in [6.07, 6.45) is 13.0. The van der Waals surface area contributed by atoms with Gasteiger partial charge in [0.05, 0.1) is 11.9 Å². The predicted octanol–water partition coefficient (Wildman–Crippen LogP) is 3.22. The summed E-state index contributed by atoms with van der Waals surface area (Å²) in [5.41, 5.74) is 6.34. The van der Waals surface area contributed by atoms with Gasteiger partial charge in [-0.1, -0.05) is 45.4 Å². The van der Waals surface area contributed by atoms with E-state index in [1.54, 1.807) is 6.20 Å². The zero-order chi connectivity index (χ0) is 10.9. The van der Waals surface area contributed by atoms with Crippen molar-refractivity contribution in [1.29, 1.82) is 0 Å². The Balaban J connectivity index is 1.93. The molecule has 0 saturated carbocycles. The first kappa shape index (κ1) is 12.1. The van der Waals surface area contributed by atoms with Crippen LogP contribution in [-0.2, 0) is 6.54 Å². The normalized spacial score (nSPS) is 10.7. The molecule has 0 radical (unpaired) electrons. The van der Waals surface area contributed by atoms with Gasteiger partial charge in [-0.25, -0.2) is 0 Å². The van der Waals surface area contributed by atoms with Crippen LogP contribution in [0, 0.1) is 0 Å². The molecule has 0 fully saturated rings. The van der Waals surface area contributed by atoms with Crippen molar-refractivity contribution in [3.8, 4) is 0 Å². The number of nitrogens with zero attached hydrogens (tertiary/aromatic N) is 2. The molecule has 1 aromatic rings. The van der Waals surface area contributed by atoms with Gasteiger partial charge in [-0.3, -0.25) is 4.68 Å². The summed E-state index contributed by atoms with van der Waals surface area (Å²) in [6, 6.07) is 0. The van der Waals surface area contributed by atoms with Crippen molar-refractivity contribution in [3.63, 3.8) is 0 Å². The molecule has 15 heavy (non-hydrogen) atoms. The zero-order valence-corrected chi connectivity index (χ0v) is 9.78. The van der Waals surface area contributed by atoms with Gasteiger partial charge < -0.3 is 5.73 Å². The number of nitrogen functional groups attached to an aromatic ring is 1. The van der Waals surface area contributed by atoms with E-state index in [1.807, 2.05) is 10.9 Å². The van der Waals surface area contributed by atoms with Crippen molar-refractivity contribution >= 4 is 5.69 Å². The van der Waals surface area contributed by atoms with E-state index >= 15 is 0 Å². The zero-order valence-electron chi connectivity index (χ0n) is 9.78. The molecule has 3 heteroatoms. The lowest BCUT2D eigenvalue weighted by molar-refractivity contribution is 0.523. The van der Waals surface area contributed by atoms with Crippen LogP contribution in [0.4, 0.5) is 5.69 Å². The first-order valence-corrected chi connectivity index (χ1v) is 6.11. The van der Waals surface area contributed by atoms with Crippen LogP contribution < -0.4 is 5.73 Å². The molecule has 2 N–H and O–H groups in total. The fourth-order valence-corrected chi connectivity index (χ4v) is 1.73. The number of nitrogens with two attached hydrogens (primary N) is 1. The minimum Gasteiger partial charge on any atom is -0.396 e. The van der Waals surface area contributed by atoms with Crippen molar-refractivity contribution in [1.82, 2.24) is 9.78 Å². The van der Waals surface area contributed by atoms with Gasteiger partial charge in [0.25, 0.3) is 0 Å². The fraction of sp³-hybridized carbons (Fsp3) is 0.750. The van der Waals surface area contributed by atoms with Crippen LogP contribution in [0.15, 0.2) is 12.4 Å². The van der Waals surface area contributed by atoms with Gasteiger partial charge in [0.2, 0.25) is 0 Å². The monoisotopic (exact) mass is 209 g/mol. The van der Waals surface area contributed by atoms with Gasteiger partial charge >= 0.3 is 0 Å². The molecule has 3 nitrogen and oxygen atoms in total. The number of aromatic nitrogens is 2. The van der Waals surface area contributed by atoms with Crippen molar-refractivity contribution < 1.29 is 0 Å². The largest absolute Gasteiger partial charge is 0.396 e. The van der Waals surface area contributed by atoms with Crippen LogP contribution in [0.25, 0.3) is 0 Å². The maximum absolute atomic E-state index is 5.58. The average Bonchev–Trinajstić information content (AvgIpc) is 2.63. The molecule has 0 aliphatic rings. The highest BCUT2D eigenvalue weighted by atomic mass is 15.3. The molecule has 0 aliphatic carbocycles. The van der Waals surface area contributed by atoms with E-state index in [4.69, 9.17) is 5.73 Å². The van der Waals surface area contributed by atoms with Crippen LogP contribution in [0.3, 0.4) is 0 Å². The van der Waals surface area contributed by atoms with E-state index in [-0.39, 0.29) is 0 Å². The maximum atomic E-state index is 5.58. The molecule has 1 aromatic heterocycles. The maximum Gasteiger partial charge on any atom is 0.0719 e. The summed E-state index contributed by atoms with van der Waals surface area (Å²) in [4.78, 5) is 0. The molecule has 0 atom stereocenters. The second-order valence-electron chi connectivity index (χ2n) is 4.16. The standard InChI is InChI=1S/C12H23N3/c1-2-3-4-5-6-7-8-9-15-11-12(13)10-14-15/h10-11H,2-9,13H2,1H3. The molecular weight excluding hydrogens is 186 g/mol. The lowest BCUT2D eigenvalue weighted by Gasteiger charge is -2.01. The van der Waals surface area contributed by atoms with E-state index in [1.165, 1.54) is 44.9 Å². The highest BCUT2D eigenvalue weighted by Crippen LogP contribution is 2.08. The number of hydrogen-bond donors (Lipinski definition) is 1. The molecule has 0 saturated heterocycles. The average molecular weight is 209 g/mol. The molecule has 0 amide bonds. The van der Waals surface area contributed by atoms with E-state index < -0.39 is 0 Å². The van der Waals surface area contributed by atoms with E-state index in [9.17, 15) is 0 Å². The Kier molecular flexibility index (Phi) is 5.90. The number of rotatable bonds is 8. The highest BCUT2D eigenvalue weighted by Gasteiger charge is 1.94. The predicted molar refractivity (Wildman–Crippen MR) is 64.6 cm³/mol. The SMILES string of the molecule is CCCCCCCCCn1cc(N)cn1. The molecule has 0 bridgehead atoms. The third-order valence-corrected chi connectivity index (χ3v) is 2.64. The minimum atomic E-state index is 0.762. The van der Waals surface area contributed by atoms with Crippen LogP contribution in [0.5, 0.6) is 0 Å².